The molecule has 0 aliphatic carbocycles. The number of benzene rings is 1. The van der Waals surface area contributed by atoms with Crippen molar-refractivity contribution in [1.29, 1.82) is 0 Å². The minimum absolute atomic E-state index is 0.127. The molecule has 1 N–H and O–H groups in total. The number of carbonyl (C=O) groups excluding carboxylic acids is 1. The molecule has 3 rings (SSSR count). The highest BCUT2D eigenvalue weighted by Gasteiger charge is 2.10. The first kappa shape index (κ1) is 12.8. The molecule has 0 aliphatic heterocycles. The number of furan rings is 1. The van der Waals surface area contributed by atoms with E-state index in [0.717, 1.165) is 39.8 Å². The summed E-state index contributed by atoms with van der Waals surface area (Å²) in [4.78, 5) is 12.1. The Kier molecular flexibility index (Phi) is 3.23. The fourth-order valence-electron chi connectivity index (χ4n) is 2.06. The van der Waals surface area contributed by atoms with Crippen LogP contribution in [0.15, 0.2) is 28.7 Å². The maximum absolute atomic E-state index is 12.1. The number of aryl methyl sites for hydroxylation is 2. The van der Waals surface area contributed by atoms with Crippen LogP contribution in [-0.4, -0.2) is 14.7 Å². The van der Waals surface area contributed by atoms with Gasteiger partial charge in [0.15, 0.2) is 0 Å². The van der Waals surface area contributed by atoms with Gasteiger partial charge >= 0.3 is 0 Å². The van der Waals surface area contributed by atoms with Gasteiger partial charge in [0.1, 0.15) is 22.6 Å². The molecule has 102 valence electrons. The van der Waals surface area contributed by atoms with Crippen LogP contribution >= 0.6 is 11.7 Å². The average Bonchev–Trinajstić information content (AvgIpc) is 3.01. The number of nitrogens with one attached hydrogen (secondary N) is 1. The quantitative estimate of drug-likeness (QED) is 0.804. The lowest BCUT2D eigenvalue weighted by Crippen LogP contribution is -2.22. The van der Waals surface area contributed by atoms with Crippen molar-refractivity contribution < 1.29 is 9.21 Å². The first-order valence-corrected chi connectivity index (χ1v) is 6.93. The summed E-state index contributed by atoms with van der Waals surface area (Å²) in [6.07, 6.45) is 0. The van der Waals surface area contributed by atoms with Gasteiger partial charge in [0.05, 0.1) is 11.7 Å². The van der Waals surface area contributed by atoms with E-state index in [1.807, 2.05) is 19.9 Å². The number of hydrogen-bond donors (Lipinski definition) is 1. The predicted molar refractivity (Wildman–Crippen MR) is 76.8 cm³/mol. The van der Waals surface area contributed by atoms with Crippen molar-refractivity contribution in [2.75, 3.05) is 0 Å². The van der Waals surface area contributed by atoms with Gasteiger partial charge in [-0.2, -0.15) is 8.75 Å². The first-order chi connectivity index (χ1) is 9.63. The molecule has 0 bridgehead atoms. The van der Waals surface area contributed by atoms with Gasteiger partial charge in [0.2, 0.25) is 0 Å². The molecule has 2 aromatic heterocycles. The molecule has 2 heterocycles. The van der Waals surface area contributed by atoms with Gasteiger partial charge in [-0.05, 0) is 38.1 Å². The summed E-state index contributed by atoms with van der Waals surface area (Å²) in [6, 6.07) is 7.25. The third kappa shape index (κ3) is 2.42. The third-order valence-electron chi connectivity index (χ3n) is 3.10. The molecule has 0 radical (unpaired) electrons. The predicted octanol–water partition coefficient (Wildman–Crippen LogP) is 2.83. The Hall–Kier alpha value is -2.21. The summed E-state index contributed by atoms with van der Waals surface area (Å²) in [5, 5.41) is 2.88. The second-order valence-corrected chi connectivity index (χ2v) is 5.12. The summed E-state index contributed by atoms with van der Waals surface area (Å²) < 4.78 is 13.7. The van der Waals surface area contributed by atoms with Crippen molar-refractivity contribution in [2.24, 2.45) is 0 Å². The van der Waals surface area contributed by atoms with E-state index < -0.39 is 0 Å². The SMILES string of the molecule is Cc1cc(CNC(=O)c2ccc3nsnc3c2)c(C)o1. The molecule has 3 aromatic rings. The van der Waals surface area contributed by atoms with E-state index in [4.69, 9.17) is 4.42 Å². The van der Waals surface area contributed by atoms with E-state index in [0.29, 0.717) is 12.1 Å². The second kappa shape index (κ2) is 5.05. The Morgan fingerprint density at radius 1 is 1.25 bits per heavy atom. The normalized spacial score (nSPS) is 10.9. The van der Waals surface area contributed by atoms with Crippen molar-refractivity contribution in [3.63, 3.8) is 0 Å². The van der Waals surface area contributed by atoms with Crippen LogP contribution in [0.25, 0.3) is 11.0 Å². The van der Waals surface area contributed by atoms with Gasteiger partial charge in [-0.1, -0.05) is 0 Å². The first-order valence-electron chi connectivity index (χ1n) is 6.20. The topological polar surface area (TPSA) is 68.0 Å². The van der Waals surface area contributed by atoms with Crippen LogP contribution in [0.1, 0.15) is 27.4 Å². The Morgan fingerprint density at radius 2 is 2.05 bits per heavy atom. The Balaban J connectivity index is 1.74. The smallest absolute Gasteiger partial charge is 0.251 e. The van der Waals surface area contributed by atoms with Crippen molar-refractivity contribution in [1.82, 2.24) is 14.1 Å². The zero-order valence-corrected chi connectivity index (χ0v) is 12.0. The molecule has 20 heavy (non-hydrogen) atoms. The second-order valence-electron chi connectivity index (χ2n) is 4.59. The molecule has 1 amide bonds. The fourth-order valence-corrected chi connectivity index (χ4v) is 2.58. The van der Waals surface area contributed by atoms with E-state index >= 15 is 0 Å². The van der Waals surface area contributed by atoms with Gasteiger partial charge in [-0.25, -0.2) is 0 Å². The van der Waals surface area contributed by atoms with Gasteiger partial charge in [-0.3, -0.25) is 4.79 Å². The summed E-state index contributed by atoms with van der Waals surface area (Å²) >= 11 is 1.14. The number of amides is 1. The van der Waals surface area contributed by atoms with Gasteiger partial charge in [-0.15, -0.1) is 0 Å². The zero-order valence-electron chi connectivity index (χ0n) is 11.1. The summed E-state index contributed by atoms with van der Waals surface area (Å²) in [5.41, 5.74) is 3.14. The number of fused-ring (bicyclic) bond motifs is 1. The maximum Gasteiger partial charge on any atom is 0.251 e. The van der Waals surface area contributed by atoms with Crippen LogP contribution in [0.5, 0.6) is 0 Å². The van der Waals surface area contributed by atoms with Crippen molar-refractivity contribution in [2.45, 2.75) is 20.4 Å². The molecule has 1 aromatic carbocycles. The third-order valence-corrected chi connectivity index (χ3v) is 3.66. The molecule has 0 unspecified atom stereocenters. The van der Waals surface area contributed by atoms with E-state index in [1.165, 1.54) is 0 Å². The molecular weight excluding hydrogens is 274 g/mol. The highest BCUT2D eigenvalue weighted by atomic mass is 32.1. The van der Waals surface area contributed by atoms with E-state index in [-0.39, 0.29) is 5.91 Å². The number of aromatic nitrogens is 2. The standard InChI is InChI=1S/C14H13N3O2S/c1-8-5-11(9(2)19-8)7-15-14(18)10-3-4-12-13(6-10)17-20-16-12/h3-6H,7H2,1-2H3,(H,15,18). The molecule has 6 heteroatoms. The van der Waals surface area contributed by atoms with Crippen LogP contribution in [-0.2, 0) is 6.54 Å². The van der Waals surface area contributed by atoms with Gasteiger partial charge < -0.3 is 9.73 Å². The van der Waals surface area contributed by atoms with E-state index in [1.54, 1.807) is 18.2 Å². The van der Waals surface area contributed by atoms with Crippen molar-refractivity contribution >= 4 is 28.7 Å². The molecule has 0 fully saturated rings. The lowest BCUT2D eigenvalue weighted by Gasteiger charge is -2.04. The zero-order chi connectivity index (χ0) is 14.1. The lowest BCUT2D eigenvalue weighted by atomic mass is 10.2. The largest absolute Gasteiger partial charge is 0.466 e. The molecule has 0 atom stereocenters. The number of nitrogens with zero attached hydrogens (tertiary/aromatic N) is 2. The highest BCUT2D eigenvalue weighted by Crippen LogP contribution is 2.15. The highest BCUT2D eigenvalue weighted by molar-refractivity contribution is 7.00. The number of rotatable bonds is 3. The molecule has 0 spiro atoms. The van der Waals surface area contributed by atoms with Crippen molar-refractivity contribution in [3.05, 3.63) is 46.9 Å². The molecule has 0 saturated heterocycles. The average molecular weight is 287 g/mol. The molecular formula is C14H13N3O2S. The minimum Gasteiger partial charge on any atom is -0.466 e. The van der Waals surface area contributed by atoms with Crippen LogP contribution in [0, 0.1) is 13.8 Å². The number of carbonyl (C=O) groups is 1. The summed E-state index contributed by atoms with van der Waals surface area (Å²) in [6.45, 7) is 4.23. The lowest BCUT2D eigenvalue weighted by molar-refractivity contribution is 0.0951. The Morgan fingerprint density at radius 3 is 2.80 bits per heavy atom. The number of hydrogen-bond acceptors (Lipinski definition) is 5. The van der Waals surface area contributed by atoms with Gasteiger partial charge in [0.25, 0.3) is 5.91 Å². The van der Waals surface area contributed by atoms with Crippen LogP contribution in [0.3, 0.4) is 0 Å². The molecule has 5 nitrogen and oxygen atoms in total. The molecule has 0 aliphatic rings. The van der Waals surface area contributed by atoms with Crippen LogP contribution in [0.4, 0.5) is 0 Å². The fraction of sp³-hybridized carbons (Fsp3) is 0.214. The monoisotopic (exact) mass is 287 g/mol. The minimum atomic E-state index is -0.127. The van der Waals surface area contributed by atoms with Crippen molar-refractivity contribution in [3.8, 4) is 0 Å². The Bertz CT molecular complexity index is 776. The van der Waals surface area contributed by atoms with E-state index in [9.17, 15) is 4.79 Å². The Labute approximate surface area is 119 Å². The molecule has 0 saturated carbocycles. The summed E-state index contributed by atoms with van der Waals surface area (Å²) in [7, 11) is 0. The maximum atomic E-state index is 12.1. The van der Waals surface area contributed by atoms with Crippen LogP contribution in [0.2, 0.25) is 0 Å². The van der Waals surface area contributed by atoms with Crippen LogP contribution < -0.4 is 5.32 Å². The summed E-state index contributed by atoms with van der Waals surface area (Å²) in [5.74, 6) is 1.56. The van der Waals surface area contributed by atoms with E-state index in [2.05, 4.69) is 14.1 Å². The van der Waals surface area contributed by atoms with Gasteiger partial charge in [0, 0.05) is 17.7 Å².